The summed E-state index contributed by atoms with van der Waals surface area (Å²) in [6, 6.07) is 0. The fourth-order valence-corrected chi connectivity index (χ4v) is 5.24. The van der Waals surface area contributed by atoms with Gasteiger partial charge in [0.1, 0.15) is 6.20 Å². The topological polar surface area (TPSA) is 28.7 Å². The van der Waals surface area contributed by atoms with Crippen LogP contribution in [0.5, 0.6) is 0 Å². The molecule has 4 saturated carbocycles. The van der Waals surface area contributed by atoms with E-state index in [4.69, 9.17) is 0 Å². The lowest BCUT2D eigenvalue weighted by molar-refractivity contribution is -0.00556. The van der Waals surface area contributed by atoms with Gasteiger partial charge >= 0.3 is 0 Å². The summed E-state index contributed by atoms with van der Waals surface area (Å²) in [5.74, 6) is 3.02. The molecule has 0 spiro atoms. The molecule has 1 aromatic heterocycles. The minimum atomic E-state index is 0.464. The van der Waals surface area contributed by atoms with Gasteiger partial charge in [0.2, 0.25) is 0 Å². The maximum absolute atomic E-state index is 4.13. The Kier molecular flexibility index (Phi) is 1.68. The molecule has 1 heterocycles. The lowest BCUT2D eigenvalue weighted by Crippen LogP contribution is -2.48. The summed E-state index contributed by atoms with van der Waals surface area (Å²) >= 11 is 0. The van der Waals surface area contributed by atoms with E-state index in [9.17, 15) is 0 Å². The minimum absolute atomic E-state index is 0.464. The van der Waals surface area contributed by atoms with Gasteiger partial charge in [0.15, 0.2) is 0 Å². The number of aromatic amines is 1. The highest BCUT2D eigenvalue weighted by Crippen LogP contribution is 2.60. The van der Waals surface area contributed by atoms with Crippen LogP contribution in [0.15, 0.2) is 0 Å². The smallest absolute Gasteiger partial charge is 0.117 e. The largest absolute Gasteiger partial charge is 0.282 e. The van der Waals surface area contributed by atoms with Gasteiger partial charge in [-0.15, -0.1) is 0 Å². The first-order chi connectivity index (χ1) is 7.75. The number of nitrogens with zero attached hydrogens (tertiary/aromatic N) is 1. The second kappa shape index (κ2) is 2.91. The summed E-state index contributed by atoms with van der Waals surface area (Å²) in [6.07, 6.45) is 12.0. The summed E-state index contributed by atoms with van der Waals surface area (Å²) in [6.45, 7) is 2.16. The predicted octanol–water partition coefficient (Wildman–Crippen LogP) is 2.99. The van der Waals surface area contributed by atoms with Crippen LogP contribution < -0.4 is 0 Å². The van der Waals surface area contributed by atoms with Gasteiger partial charge in [0.05, 0.1) is 0 Å². The molecule has 0 aliphatic heterocycles. The number of rotatable bonds is 1. The van der Waals surface area contributed by atoms with Gasteiger partial charge in [-0.25, -0.2) is 0 Å². The molecule has 1 aromatic rings. The van der Waals surface area contributed by atoms with Gasteiger partial charge in [-0.2, -0.15) is 5.10 Å². The summed E-state index contributed by atoms with van der Waals surface area (Å²) in [5.41, 5.74) is 3.15. The zero-order valence-corrected chi connectivity index (χ0v) is 9.92. The number of hydrogen-bond donors (Lipinski definition) is 1. The van der Waals surface area contributed by atoms with Gasteiger partial charge in [0.25, 0.3) is 0 Å². The fraction of sp³-hybridized carbons (Fsp3) is 0.786. The zero-order chi connectivity index (χ0) is 10.8. The lowest BCUT2D eigenvalue weighted by atomic mass is 9.48. The first-order valence-electron chi connectivity index (χ1n) is 6.68. The van der Waals surface area contributed by atoms with E-state index >= 15 is 0 Å². The van der Waals surface area contributed by atoms with Gasteiger partial charge in [-0.05, 0) is 63.2 Å². The van der Waals surface area contributed by atoms with E-state index in [-0.39, 0.29) is 0 Å². The van der Waals surface area contributed by atoms with Crippen molar-refractivity contribution in [2.75, 3.05) is 0 Å². The molecule has 0 amide bonds. The van der Waals surface area contributed by atoms with Crippen LogP contribution in [-0.4, -0.2) is 10.2 Å². The minimum Gasteiger partial charge on any atom is -0.282 e. The highest BCUT2D eigenvalue weighted by molar-refractivity contribution is 5.29. The van der Waals surface area contributed by atoms with Crippen LogP contribution in [0.25, 0.3) is 0 Å². The van der Waals surface area contributed by atoms with Crippen LogP contribution in [0.3, 0.4) is 0 Å². The van der Waals surface area contributed by atoms with Crippen molar-refractivity contribution in [1.82, 2.24) is 10.2 Å². The SMILES string of the molecule is Cc1[nH]n[c]c1C12CC3CC(CC(C3)C1)C2. The zero-order valence-electron chi connectivity index (χ0n) is 9.92. The standard InChI is InChI=1S/C14H19N2/c1-9-13(8-15-16-9)14-5-10-2-11(6-14)4-12(3-10)7-14/h10-12H,2-7H2,1H3,(H,15,16). The Morgan fingerprint density at radius 2 is 1.69 bits per heavy atom. The molecule has 4 aliphatic rings. The Hall–Kier alpha value is -0.790. The molecule has 0 saturated heterocycles. The number of aromatic nitrogens is 2. The summed E-state index contributed by atoms with van der Waals surface area (Å²) in [4.78, 5) is 0. The summed E-state index contributed by atoms with van der Waals surface area (Å²) < 4.78 is 0. The second-order valence-electron chi connectivity index (χ2n) is 6.53. The quantitative estimate of drug-likeness (QED) is 0.766. The third-order valence-electron chi connectivity index (χ3n) is 5.33. The molecule has 1 radical (unpaired) electrons. The Labute approximate surface area is 96.8 Å². The molecule has 0 atom stereocenters. The van der Waals surface area contributed by atoms with Crippen molar-refractivity contribution in [1.29, 1.82) is 0 Å². The molecule has 85 valence electrons. The molecule has 2 nitrogen and oxygen atoms in total. The van der Waals surface area contributed by atoms with Crippen molar-refractivity contribution in [3.05, 3.63) is 17.5 Å². The third kappa shape index (κ3) is 1.11. The van der Waals surface area contributed by atoms with Crippen LogP contribution in [0.4, 0.5) is 0 Å². The molecule has 0 unspecified atom stereocenters. The summed E-state index contributed by atoms with van der Waals surface area (Å²) in [5, 5.41) is 7.22. The second-order valence-corrected chi connectivity index (χ2v) is 6.53. The van der Waals surface area contributed by atoms with Crippen molar-refractivity contribution >= 4 is 0 Å². The Morgan fingerprint density at radius 1 is 1.12 bits per heavy atom. The third-order valence-corrected chi connectivity index (χ3v) is 5.33. The van der Waals surface area contributed by atoms with Crippen LogP contribution in [0, 0.1) is 30.9 Å². The molecule has 4 fully saturated rings. The molecular weight excluding hydrogens is 196 g/mol. The van der Waals surface area contributed by atoms with E-state index < -0.39 is 0 Å². The Morgan fingerprint density at radius 3 is 2.12 bits per heavy atom. The first kappa shape index (κ1) is 9.26. The van der Waals surface area contributed by atoms with Crippen LogP contribution in [0.1, 0.15) is 49.8 Å². The van der Waals surface area contributed by atoms with E-state index in [1.165, 1.54) is 49.8 Å². The summed E-state index contributed by atoms with van der Waals surface area (Å²) in [7, 11) is 0. The lowest BCUT2D eigenvalue weighted by Gasteiger charge is -2.56. The molecule has 16 heavy (non-hydrogen) atoms. The first-order valence-corrected chi connectivity index (χ1v) is 6.68. The van der Waals surface area contributed by atoms with Crippen molar-refractivity contribution < 1.29 is 0 Å². The highest BCUT2D eigenvalue weighted by Gasteiger charge is 2.52. The van der Waals surface area contributed by atoms with Crippen LogP contribution in [0.2, 0.25) is 0 Å². The molecule has 4 bridgehead atoms. The van der Waals surface area contributed by atoms with E-state index in [2.05, 4.69) is 23.3 Å². The maximum atomic E-state index is 4.13. The monoisotopic (exact) mass is 215 g/mol. The van der Waals surface area contributed by atoms with Gasteiger partial charge in [-0.3, -0.25) is 5.10 Å². The number of H-pyrrole nitrogens is 1. The number of nitrogens with one attached hydrogen (secondary N) is 1. The van der Waals surface area contributed by atoms with Crippen molar-refractivity contribution in [3.63, 3.8) is 0 Å². The normalized spacial score (nSPS) is 45.2. The number of aryl methyl sites for hydroxylation is 1. The molecule has 2 heteroatoms. The molecular formula is C14H19N2. The molecule has 5 rings (SSSR count). The van der Waals surface area contributed by atoms with Crippen molar-refractivity contribution in [3.8, 4) is 0 Å². The van der Waals surface area contributed by atoms with Crippen LogP contribution in [-0.2, 0) is 5.41 Å². The van der Waals surface area contributed by atoms with E-state index in [0.29, 0.717) is 5.41 Å². The molecule has 0 aromatic carbocycles. The van der Waals surface area contributed by atoms with E-state index in [1.807, 2.05) is 0 Å². The Balaban J connectivity index is 1.79. The fourth-order valence-electron chi connectivity index (χ4n) is 5.24. The predicted molar refractivity (Wildman–Crippen MR) is 62.0 cm³/mol. The van der Waals surface area contributed by atoms with Gasteiger partial charge in [-0.1, -0.05) is 0 Å². The van der Waals surface area contributed by atoms with Crippen LogP contribution >= 0.6 is 0 Å². The number of hydrogen-bond acceptors (Lipinski definition) is 1. The average Bonchev–Trinajstić information content (AvgIpc) is 2.62. The Bertz CT molecular complexity index is 383. The average molecular weight is 215 g/mol. The van der Waals surface area contributed by atoms with E-state index in [0.717, 1.165) is 17.8 Å². The molecule has 4 aliphatic carbocycles. The highest BCUT2D eigenvalue weighted by atomic mass is 15.1. The van der Waals surface area contributed by atoms with Gasteiger partial charge in [0, 0.05) is 16.7 Å². The van der Waals surface area contributed by atoms with E-state index in [1.54, 1.807) is 0 Å². The van der Waals surface area contributed by atoms with Crippen molar-refractivity contribution in [2.24, 2.45) is 17.8 Å². The maximum Gasteiger partial charge on any atom is 0.117 e. The van der Waals surface area contributed by atoms with Gasteiger partial charge < -0.3 is 0 Å². The molecule has 1 N–H and O–H groups in total. The van der Waals surface area contributed by atoms with Crippen molar-refractivity contribution in [2.45, 2.75) is 50.9 Å².